The van der Waals surface area contributed by atoms with E-state index in [1.54, 1.807) is 6.08 Å². The molecule has 9 nitrogen and oxygen atoms in total. The number of aliphatic imine (C=N–C) groups is 1. The van der Waals surface area contributed by atoms with Gasteiger partial charge >= 0.3 is 6.09 Å². The number of nitrogens with one attached hydrogen (secondary N) is 2. The van der Waals surface area contributed by atoms with Gasteiger partial charge in [-0.2, -0.15) is 0 Å². The van der Waals surface area contributed by atoms with Gasteiger partial charge in [0, 0.05) is 33.2 Å². The largest absolute Gasteiger partial charge is 0.444 e. The second-order valence-electron chi connectivity index (χ2n) is 8.74. The third-order valence-corrected chi connectivity index (χ3v) is 4.60. The van der Waals surface area contributed by atoms with Crippen molar-refractivity contribution >= 4 is 12.1 Å². The lowest BCUT2D eigenvalue weighted by atomic mass is 10.0. The molecule has 1 amide bonds. The Morgan fingerprint density at radius 1 is 1.37 bits per heavy atom. The molecule has 170 valence electrons. The van der Waals surface area contributed by atoms with E-state index in [1.807, 2.05) is 51.3 Å². The zero-order chi connectivity index (χ0) is 22.9. The maximum absolute atomic E-state index is 12.2. The molecule has 0 fully saturated rings. The van der Waals surface area contributed by atoms with Crippen LogP contribution in [0.1, 0.15) is 52.7 Å². The number of amides is 1. The van der Waals surface area contributed by atoms with E-state index in [9.17, 15) is 4.79 Å². The van der Waals surface area contributed by atoms with Crippen LogP contribution in [-0.2, 0) is 18.3 Å². The topological polar surface area (TPSA) is 96.7 Å². The molecular formula is C21H39N7O2. The van der Waals surface area contributed by atoms with Crippen LogP contribution in [0.15, 0.2) is 17.6 Å². The number of hydrogen-bond acceptors (Lipinski definition) is 5. The fourth-order valence-electron chi connectivity index (χ4n) is 2.68. The Hall–Kier alpha value is -2.58. The number of aryl methyl sites for hydroxylation is 1. The molecule has 0 radical (unpaired) electrons. The van der Waals surface area contributed by atoms with E-state index >= 15 is 0 Å². The van der Waals surface area contributed by atoms with Crippen molar-refractivity contribution in [1.29, 1.82) is 0 Å². The first-order valence-electron chi connectivity index (χ1n) is 10.4. The number of hydrogen-bond donors (Lipinski definition) is 2. The lowest BCUT2D eigenvalue weighted by molar-refractivity contribution is 0.0486. The lowest BCUT2D eigenvalue weighted by Crippen LogP contribution is -2.45. The zero-order valence-electron chi connectivity index (χ0n) is 19.8. The molecule has 30 heavy (non-hydrogen) atoms. The minimum Gasteiger partial charge on any atom is -0.444 e. The first-order valence-corrected chi connectivity index (χ1v) is 10.4. The van der Waals surface area contributed by atoms with Gasteiger partial charge in [0.1, 0.15) is 18.0 Å². The SMILES string of the molecule is C=CCNC(=NCc1nnc(C)n1C)N(C)CCC(NC(=O)OC(C)(C)C)C(C)C. The number of alkyl carbamates (subject to hydrolysis) is 1. The van der Waals surface area contributed by atoms with Gasteiger partial charge in [0.2, 0.25) is 0 Å². The number of guanidine groups is 1. The van der Waals surface area contributed by atoms with Crippen molar-refractivity contribution < 1.29 is 9.53 Å². The maximum Gasteiger partial charge on any atom is 0.407 e. The standard InChI is InChI=1S/C21H39N7O2/c1-10-12-22-19(23-14-18-26-25-16(4)28(18)9)27(8)13-11-17(15(2)3)24-20(29)30-21(5,6)7/h10,15,17H,1,11-14H2,2-9H3,(H,22,23)(H,24,29). The Morgan fingerprint density at radius 2 is 2.03 bits per heavy atom. The van der Waals surface area contributed by atoms with E-state index in [0.29, 0.717) is 19.6 Å². The van der Waals surface area contributed by atoms with E-state index in [0.717, 1.165) is 24.0 Å². The Morgan fingerprint density at radius 3 is 2.53 bits per heavy atom. The highest BCUT2D eigenvalue weighted by atomic mass is 16.6. The van der Waals surface area contributed by atoms with E-state index < -0.39 is 5.60 Å². The molecule has 0 spiro atoms. The highest BCUT2D eigenvalue weighted by molar-refractivity contribution is 5.79. The summed E-state index contributed by atoms with van der Waals surface area (Å²) in [6, 6.07) is -0.00987. The monoisotopic (exact) mass is 421 g/mol. The van der Waals surface area contributed by atoms with Crippen molar-refractivity contribution in [3.8, 4) is 0 Å². The third-order valence-electron chi connectivity index (χ3n) is 4.60. The van der Waals surface area contributed by atoms with Crippen molar-refractivity contribution in [2.75, 3.05) is 20.1 Å². The molecule has 0 bridgehead atoms. The first-order chi connectivity index (χ1) is 13.9. The van der Waals surface area contributed by atoms with Gasteiger partial charge in [-0.15, -0.1) is 16.8 Å². The van der Waals surface area contributed by atoms with Crippen molar-refractivity contribution in [2.45, 2.75) is 66.2 Å². The summed E-state index contributed by atoms with van der Waals surface area (Å²) in [4.78, 5) is 18.9. The van der Waals surface area contributed by atoms with Crippen LogP contribution in [-0.4, -0.2) is 63.5 Å². The Kier molecular flexibility index (Phi) is 9.81. The Labute approximate surface area is 181 Å². The van der Waals surface area contributed by atoms with Crippen LogP contribution < -0.4 is 10.6 Å². The highest BCUT2D eigenvalue weighted by Crippen LogP contribution is 2.11. The Bertz CT molecular complexity index is 719. The van der Waals surface area contributed by atoms with Gasteiger partial charge in [-0.05, 0) is 40.0 Å². The molecule has 1 aromatic rings. The number of aromatic nitrogens is 3. The van der Waals surface area contributed by atoms with Crippen LogP contribution in [0.5, 0.6) is 0 Å². The van der Waals surface area contributed by atoms with Crippen molar-refractivity contribution in [3.63, 3.8) is 0 Å². The molecule has 1 atom stereocenters. The molecule has 9 heteroatoms. The van der Waals surface area contributed by atoms with Crippen LogP contribution in [0.4, 0.5) is 4.79 Å². The fourth-order valence-corrected chi connectivity index (χ4v) is 2.68. The molecular weight excluding hydrogens is 382 g/mol. The van der Waals surface area contributed by atoms with Crippen molar-refractivity contribution in [1.82, 2.24) is 30.3 Å². The minimum atomic E-state index is -0.519. The van der Waals surface area contributed by atoms with Crippen LogP contribution in [0.2, 0.25) is 0 Å². The second-order valence-corrected chi connectivity index (χ2v) is 8.74. The molecule has 0 aliphatic rings. The second kappa shape index (κ2) is 11.6. The predicted octanol–water partition coefficient (Wildman–Crippen LogP) is 2.63. The molecule has 0 aliphatic carbocycles. The quantitative estimate of drug-likeness (QED) is 0.361. The highest BCUT2D eigenvalue weighted by Gasteiger charge is 2.22. The van der Waals surface area contributed by atoms with Crippen LogP contribution >= 0.6 is 0 Å². The number of ether oxygens (including phenoxy) is 1. The molecule has 1 rings (SSSR count). The average Bonchev–Trinajstić information content (AvgIpc) is 2.95. The summed E-state index contributed by atoms with van der Waals surface area (Å²) in [5, 5.41) is 14.5. The number of carbonyl (C=O) groups is 1. The summed E-state index contributed by atoms with van der Waals surface area (Å²) in [7, 11) is 3.90. The van der Waals surface area contributed by atoms with Gasteiger partial charge < -0.3 is 24.8 Å². The van der Waals surface area contributed by atoms with E-state index in [2.05, 4.69) is 46.2 Å². The van der Waals surface area contributed by atoms with Gasteiger partial charge in [-0.3, -0.25) is 0 Å². The molecule has 0 saturated carbocycles. The number of nitrogens with zero attached hydrogens (tertiary/aromatic N) is 5. The molecule has 1 aromatic heterocycles. The van der Waals surface area contributed by atoms with Crippen LogP contribution in [0, 0.1) is 12.8 Å². The first kappa shape index (κ1) is 25.5. The van der Waals surface area contributed by atoms with Gasteiger partial charge in [0.15, 0.2) is 11.8 Å². The summed E-state index contributed by atoms with van der Waals surface area (Å²) < 4.78 is 7.33. The summed E-state index contributed by atoms with van der Waals surface area (Å²) in [6.07, 6.45) is 2.16. The Balaban J connectivity index is 2.76. The van der Waals surface area contributed by atoms with Gasteiger partial charge in [0.25, 0.3) is 0 Å². The lowest BCUT2D eigenvalue weighted by Gasteiger charge is -2.28. The molecule has 0 aromatic carbocycles. The fraction of sp³-hybridized carbons (Fsp3) is 0.714. The van der Waals surface area contributed by atoms with Crippen LogP contribution in [0.3, 0.4) is 0 Å². The molecule has 1 heterocycles. The van der Waals surface area contributed by atoms with Gasteiger partial charge in [0.05, 0.1) is 0 Å². The van der Waals surface area contributed by atoms with Gasteiger partial charge in [-0.25, -0.2) is 9.79 Å². The van der Waals surface area contributed by atoms with E-state index in [-0.39, 0.29) is 18.1 Å². The molecule has 1 unspecified atom stereocenters. The molecule has 2 N–H and O–H groups in total. The van der Waals surface area contributed by atoms with Crippen molar-refractivity contribution in [2.24, 2.45) is 18.0 Å². The number of rotatable bonds is 9. The van der Waals surface area contributed by atoms with Crippen molar-refractivity contribution in [3.05, 3.63) is 24.3 Å². The summed E-state index contributed by atoms with van der Waals surface area (Å²) >= 11 is 0. The summed E-state index contributed by atoms with van der Waals surface area (Å²) in [5.41, 5.74) is -0.519. The number of carbonyl (C=O) groups excluding carboxylic acids is 1. The predicted molar refractivity (Wildman–Crippen MR) is 120 cm³/mol. The minimum absolute atomic E-state index is 0.00987. The maximum atomic E-state index is 12.2. The zero-order valence-corrected chi connectivity index (χ0v) is 19.8. The molecule has 0 aliphatic heterocycles. The van der Waals surface area contributed by atoms with Crippen LogP contribution in [0.25, 0.3) is 0 Å². The summed E-state index contributed by atoms with van der Waals surface area (Å²) in [5.74, 6) is 2.66. The smallest absolute Gasteiger partial charge is 0.407 e. The average molecular weight is 422 g/mol. The van der Waals surface area contributed by atoms with E-state index in [4.69, 9.17) is 4.74 Å². The summed E-state index contributed by atoms with van der Waals surface area (Å²) in [6.45, 7) is 17.2. The van der Waals surface area contributed by atoms with Gasteiger partial charge in [-0.1, -0.05) is 19.9 Å². The van der Waals surface area contributed by atoms with E-state index in [1.165, 1.54) is 0 Å². The molecule has 0 saturated heterocycles. The normalized spacial score (nSPS) is 13.2. The third kappa shape index (κ3) is 8.84.